The number of amides is 1. The fourth-order valence-corrected chi connectivity index (χ4v) is 3.90. The molecule has 3 aromatic carbocycles. The van der Waals surface area contributed by atoms with Crippen molar-refractivity contribution in [3.63, 3.8) is 0 Å². The van der Waals surface area contributed by atoms with Crippen molar-refractivity contribution >= 4 is 11.6 Å². The van der Waals surface area contributed by atoms with Crippen molar-refractivity contribution in [1.82, 2.24) is 9.78 Å². The SMILES string of the molecule is O=C(Cn1nc(-c2ccc(F)cc2)ccc1=O)Nc1ccc2c(c1)Cc1ccccc1-2. The van der Waals surface area contributed by atoms with Gasteiger partial charge < -0.3 is 5.32 Å². The largest absolute Gasteiger partial charge is 0.324 e. The van der Waals surface area contributed by atoms with Crippen LogP contribution in [0.3, 0.4) is 0 Å². The first kappa shape index (κ1) is 18.9. The number of rotatable bonds is 4. The highest BCUT2D eigenvalue weighted by Gasteiger charge is 2.18. The van der Waals surface area contributed by atoms with Gasteiger partial charge in [-0.2, -0.15) is 5.10 Å². The Kier molecular flexibility index (Phi) is 4.67. The Morgan fingerprint density at radius 1 is 0.935 bits per heavy atom. The molecular weight excluding hydrogens is 393 g/mol. The van der Waals surface area contributed by atoms with Crippen LogP contribution in [0, 0.1) is 5.82 Å². The zero-order valence-electron chi connectivity index (χ0n) is 16.5. The summed E-state index contributed by atoms with van der Waals surface area (Å²) in [5, 5.41) is 7.11. The van der Waals surface area contributed by atoms with Gasteiger partial charge in [-0.3, -0.25) is 9.59 Å². The predicted molar refractivity (Wildman–Crippen MR) is 117 cm³/mol. The first-order valence-electron chi connectivity index (χ1n) is 9.92. The third-order valence-corrected chi connectivity index (χ3v) is 5.38. The fourth-order valence-electron chi connectivity index (χ4n) is 3.90. The quantitative estimate of drug-likeness (QED) is 0.481. The highest BCUT2D eigenvalue weighted by molar-refractivity contribution is 5.91. The standard InChI is InChI=1S/C25H18FN3O2/c26-19-7-5-16(6-8-19)23-11-12-25(31)29(28-23)15-24(30)27-20-9-10-22-18(14-20)13-17-3-1-2-4-21(17)22/h1-12,14H,13,15H2,(H,27,30). The smallest absolute Gasteiger partial charge is 0.267 e. The van der Waals surface area contributed by atoms with Gasteiger partial charge in [0.2, 0.25) is 5.91 Å². The highest BCUT2D eigenvalue weighted by atomic mass is 19.1. The minimum absolute atomic E-state index is 0.217. The monoisotopic (exact) mass is 411 g/mol. The molecule has 1 aliphatic carbocycles. The third-order valence-electron chi connectivity index (χ3n) is 5.38. The molecule has 0 atom stereocenters. The van der Waals surface area contributed by atoms with Crippen molar-refractivity contribution in [3.05, 3.63) is 106 Å². The number of nitrogens with zero attached hydrogens (tertiary/aromatic N) is 2. The van der Waals surface area contributed by atoms with E-state index in [0.717, 1.165) is 16.7 Å². The maximum absolute atomic E-state index is 13.2. The van der Waals surface area contributed by atoms with E-state index >= 15 is 0 Å². The minimum atomic E-state index is -0.384. The number of benzene rings is 3. The topological polar surface area (TPSA) is 64.0 Å². The second kappa shape index (κ2) is 7.65. The lowest BCUT2D eigenvalue weighted by molar-refractivity contribution is -0.117. The molecule has 0 bridgehead atoms. The lowest BCUT2D eigenvalue weighted by Gasteiger charge is -2.10. The number of nitrogens with one attached hydrogen (secondary N) is 1. The molecule has 0 spiro atoms. The van der Waals surface area contributed by atoms with E-state index in [1.54, 1.807) is 18.2 Å². The van der Waals surface area contributed by atoms with Crippen molar-refractivity contribution in [3.8, 4) is 22.4 Å². The minimum Gasteiger partial charge on any atom is -0.324 e. The van der Waals surface area contributed by atoms with Crippen LogP contribution in [0.1, 0.15) is 11.1 Å². The molecule has 4 aromatic rings. The zero-order chi connectivity index (χ0) is 21.4. The number of carbonyl (C=O) groups excluding carboxylic acids is 1. The first-order chi connectivity index (χ1) is 15.1. The first-order valence-corrected chi connectivity index (χ1v) is 9.92. The highest BCUT2D eigenvalue weighted by Crippen LogP contribution is 2.37. The summed E-state index contributed by atoms with van der Waals surface area (Å²) in [6, 6.07) is 22.8. The van der Waals surface area contributed by atoms with Crippen LogP contribution in [-0.4, -0.2) is 15.7 Å². The molecule has 0 saturated heterocycles. The van der Waals surface area contributed by atoms with E-state index in [1.165, 1.54) is 34.9 Å². The molecule has 0 aliphatic heterocycles. The lowest BCUT2D eigenvalue weighted by Crippen LogP contribution is -2.29. The van der Waals surface area contributed by atoms with Gasteiger partial charge in [0.15, 0.2) is 0 Å². The number of fused-ring (bicyclic) bond motifs is 3. The van der Waals surface area contributed by atoms with Crippen LogP contribution in [0.2, 0.25) is 0 Å². The van der Waals surface area contributed by atoms with Crippen molar-refractivity contribution < 1.29 is 9.18 Å². The number of halogens is 1. The summed E-state index contributed by atoms with van der Waals surface area (Å²) in [5.41, 5.74) is 6.28. The molecule has 0 fully saturated rings. The van der Waals surface area contributed by atoms with Crippen LogP contribution in [0.15, 0.2) is 83.7 Å². The summed E-state index contributed by atoms with van der Waals surface area (Å²) in [6.45, 7) is -0.217. The van der Waals surface area contributed by atoms with Crippen LogP contribution < -0.4 is 10.9 Å². The van der Waals surface area contributed by atoms with Gasteiger partial charge in [-0.05, 0) is 71.1 Å². The summed E-state index contributed by atoms with van der Waals surface area (Å²) in [7, 11) is 0. The molecule has 0 radical (unpaired) electrons. The van der Waals surface area contributed by atoms with Gasteiger partial charge >= 0.3 is 0 Å². The van der Waals surface area contributed by atoms with E-state index in [1.807, 2.05) is 30.3 Å². The van der Waals surface area contributed by atoms with Crippen LogP contribution in [0.25, 0.3) is 22.4 Å². The molecule has 1 N–H and O–H groups in total. The van der Waals surface area contributed by atoms with Gasteiger partial charge in [0.05, 0.1) is 5.69 Å². The summed E-state index contributed by atoms with van der Waals surface area (Å²) >= 11 is 0. The zero-order valence-corrected chi connectivity index (χ0v) is 16.5. The lowest BCUT2D eigenvalue weighted by atomic mass is 10.1. The summed E-state index contributed by atoms with van der Waals surface area (Å²) in [6.07, 6.45) is 0.829. The van der Waals surface area contributed by atoms with Gasteiger partial charge in [-0.25, -0.2) is 9.07 Å². The Morgan fingerprint density at radius 2 is 1.71 bits per heavy atom. The number of anilines is 1. The van der Waals surface area contributed by atoms with Crippen LogP contribution in [0.5, 0.6) is 0 Å². The van der Waals surface area contributed by atoms with Crippen LogP contribution >= 0.6 is 0 Å². The molecule has 0 unspecified atom stereocenters. The molecule has 5 rings (SSSR count). The van der Waals surface area contributed by atoms with Crippen LogP contribution in [0.4, 0.5) is 10.1 Å². The molecule has 0 saturated carbocycles. The predicted octanol–water partition coefficient (Wildman–Crippen LogP) is 4.26. The average molecular weight is 411 g/mol. The molecule has 31 heavy (non-hydrogen) atoms. The van der Waals surface area contributed by atoms with E-state index in [-0.39, 0.29) is 23.8 Å². The number of hydrogen-bond acceptors (Lipinski definition) is 3. The van der Waals surface area contributed by atoms with Gasteiger partial charge in [-0.15, -0.1) is 0 Å². The Bertz CT molecular complexity index is 1360. The summed E-state index contributed by atoms with van der Waals surface area (Å²) < 4.78 is 14.3. The van der Waals surface area contributed by atoms with Crippen molar-refractivity contribution in [2.45, 2.75) is 13.0 Å². The van der Waals surface area contributed by atoms with E-state index in [4.69, 9.17) is 0 Å². The average Bonchev–Trinajstić information content (AvgIpc) is 3.13. The van der Waals surface area contributed by atoms with Gasteiger partial charge in [-0.1, -0.05) is 30.3 Å². The number of hydrogen-bond donors (Lipinski definition) is 1. The maximum atomic E-state index is 13.2. The molecule has 6 heteroatoms. The Morgan fingerprint density at radius 3 is 2.55 bits per heavy atom. The molecule has 152 valence electrons. The molecule has 1 amide bonds. The number of carbonyl (C=O) groups is 1. The van der Waals surface area contributed by atoms with E-state index in [0.29, 0.717) is 16.9 Å². The van der Waals surface area contributed by atoms with E-state index in [9.17, 15) is 14.0 Å². The van der Waals surface area contributed by atoms with Crippen LogP contribution in [-0.2, 0) is 17.8 Å². The normalized spacial score (nSPS) is 11.6. The second-order valence-corrected chi connectivity index (χ2v) is 7.48. The summed E-state index contributed by atoms with van der Waals surface area (Å²) in [5.74, 6) is -0.699. The number of aromatic nitrogens is 2. The second-order valence-electron chi connectivity index (χ2n) is 7.48. The van der Waals surface area contributed by atoms with Gasteiger partial charge in [0, 0.05) is 17.3 Å². The summed E-state index contributed by atoms with van der Waals surface area (Å²) in [4.78, 5) is 24.8. The Balaban J connectivity index is 1.33. The fraction of sp³-hybridized carbons (Fsp3) is 0.0800. The molecule has 1 aliphatic rings. The van der Waals surface area contributed by atoms with E-state index < -0.39 is 0 Å². The van der Waals surface area contributed by atoms with Gasteiger partial charge in [0.25, 0.3) is 5.56 Å². The van der Waals surface area contributed by atoms with Crippen molar-refractivity contribution in [2.75, 3.05) is 5.32 Å². The van der Waals surface area contributed by atoms with Crippen molar-refractivity contribution in [1.29, 1.82) is 0 Å². The van der Waals surface area contributed by atoms with E-state index in [2.05, 4.69) is 22.5 Å². The molecule has 1 aromatic heterocycles. The third kappa shape index (κ3) is 3.75. The molecule has 1 heterocycles. The Hall–Kier alpha value is -4.06. The van der Waals surface area contributed by atoms with Gasteiger partial charge in [0.1, 0.15) is 12.4 Å². The molecular formula is C25H18FN3O2. The molecule has 5 nitrogen and oxygen atoms in total. The van der Waals surface area contributed by atoms with Crippen molar-refractivity contribution in [2.24, 2.45) is 0 Å². The maximum Gasteiger partial charge on any atom is 0.267 e. The Labute approximate surface area is 177 Å².